The molecule has 0 aliphatic carbocycles. The first kappa shape index (κ1) is 21.9. The third-order valence-electron chi connectivity index (χ3n) is 6.26. The quantitative estimate of drug-likeness (QED) is 0.487. The number of carbonyl (C=O) groups excluding carboxylic acids is 1. The average molecular weight is 439 g/mol. The van der Waals surface area contributed by atoms with Crippen LogP contribution in [0.15, 0.2) is 46.8 Å². The molecule has 2 aromatic rings. The molecule has 1 aromatic heterocycles. The van der Waals surface area contributed by atoms with Crippen LogP contribution in [0.2, 0.25) is 0 Å². The lowest BCUT2D eigenvalue weighted by molar-refractivity contribution is -0.127. The van der Waals surface area contributed by atoms with Crippen LogP contribution < -0.4 is 10.2 Å². The summed E-state index contributed by atoms with van der Waals surface area (Å²) in [6, 6.07) is 13.0. The Morgan fingerprint density at radius 3 is 2.90 bits per heavy atom. The van der Waals surface area contributed by atoms with Crippen molar-refractivity contribution < 1.29 is 4.79 Å². The van der Waals surface area contributed by atoms with Gasteiger partial charge in [-0.15, -0.1) is 11.3 Å². The van der Waals surface area contributed by atoms with Gasteiger partial charge in [0.15, 0.2) is 5.96 Å². The summed E-state index contributed by atoms with van der Waals surface area (Å²) < 4.78 is 0. The third-order valence-corrected chi connectivity index (χ3v) is 7.16. The minimum absolute atomic E-state index is 0.317. The van der Waals surface area contributed by atoms with E-state index >= 15 is 0 Å². The van der Waals surface area contributed by atoms with E-state index in [-0.39, 0.29) is 0 Å². The second-order valence-electron chi connectivity index (χ2n) is 8.72. The molecule has 4 rings (SSSR count). The molecule has 0 radical (unpaired) electrons. The predicted molar refractivity (Wildman–Crippen MR) is 130 cm³/mol. The van der Waals surface area contributed by atoms with Gasteiger partial charge in [0.05, 0.1) is 0 Å². The van der Waals surface area contributed by atoms with Gasteiger partial charge in [-0.2, -0.15) is 0 Å². The highest BCUT2D eigenvalue weighted by atomic mass is 32.1. The number of thiophene rings is 1. The Morgan fingerprint density at radius 2 is 2.16 bits per heavy atom. The number of guanidine groups is 1. The normalized spacial score (nSPS) is 19.7. The number of likely N-dealkylation sites (tertiary alicyclic amines) is 1. The molecule has 0 saturated carbocycles. The van der Waals surface area contributed by atoms with Gasteiger partial charge in [0.1, 0.15) is 0 Å². The summed E-state index contributed by atoms with van der Waals surface area (Å²) in [6.45, 7) is 8.77. The molecule has 2 atom stereocenters. The maximum Gasteiger partial charge on any atom is 0.222 e. The molecule has 3 heterocycles. The number of hydrogen-bond donors (Lipinski definition) is 1. The van der Waals surface area contributed by atoms with Gasteiger partial charge in [-0.05, 0) is 55.2 Å². The lowest BCUT2D eigenvalue weighted by Crippen LogP contribution is -2.41. The molecule has 1 aromatic carbocycles. The van der Waals surface area contributed by atoms with Crippen molar-refractivity contribution in [2.24, 2.45) is 10.9 Å². The Kier molecular flexibility index (Phi) is 7.28. The first-order valence-corrected chi connectivity index (χ1v) is 12.5. The zero-order chi connectivity index (χ0) is 21.6. The number of carbonyl (C=O) groups is 1. The number of fused-ring (bicyclic) bond motifs is 1. The average Bonchev–Trinajstić information content (AvgIpc) is 3.50. The van der Waals surface area contributed by atoms with Crippen LogP contribution in [0.3, 0.4) is 0 Å². The monoisotopic (exact) mass is 438 g/mol. The van der Waals surface area contributed by atoms with E-state index in [0.717, 1.165) is 57.9 Å². The van der Waals surface area contributed by atoms with Crippen LogP contribution in [0.1, 0.15) is 49.5 Å². The highest BCUT2D eigenvalue weighted by molar-refractivity contribution is 7.09. The molecule has 0 bridgehead atoms. The first-order valence-electron chi connectivity index (χ1n) is 11.6. The topological polar surface area (TPSA) is 47.9 Å². The van der Waals surface area contributed by atoms with Crippen LogP contribution in [-0.2, 0) is 11.2 Å². The van der Waals surface area contributed by atoms with Crippen molar-refractivity contribution in [2.75, 3.05) is 37.6 Å². The molecule has 5 nitrogen and oxygen atoms in total. The van der Waals surface area contributed by atoms with E-state index in [1.807, 2.05) is 16.2 Å². The summed E-state index contributed by atoms with van der Waals surface area (Å²) >= 11 is 1.83. The highest BCUT2D eigenvalue weighted by Gasteiger charge is 2.32. The molecule has 2 unspecified atom stereocenters. The Bertz CT molecular complexity index is 895. The molecule has 1 N–H and O–H groups in total. The first-order chi connectivity index (χ1) is 15.2. The maximum atomic E-state index is 12.0. The van der Waals surface area contributed by atoms with Crippen molar-refractivity contribution in [2.45, 2.75) is 45.4 Å². The number of amides is 1. The SMILES string of the molecule is CCNC(=NCC(C)Cc1cccs1)N1CC(CCN2CCCC2=O)c2ccccc21. The summed E-state index contributed by atoms with van der Waals surface area (Å²) in [5, 5.41) is 5.66. The van der Waals surface area contributed by atoms with Crippen molar-refractivity contribution >= 4 is 28.9 Å². The lowest BCUT2D eigenvalue weighted by atomic mass is 9.98. The van der Waals surface area contributed by atoms with Gasteiger partial charge in [-0.1, -0.05) is 31.2 Å². The van der Waals surface area contributed by atoms with Crippen LogP contribution in [-0.4, -0.2) is 49.5 Å². The largest absolute Gasteiger partial charge is 0.356 e. The molecular weight excluding hydrogens is 404 g/mol. The molecule has 2 aliphatic heterocycles. The van der Waals surface area contributed by atoms with E-state index in [9.17, 15) is 4.79 Å². The van der Waals surface area contributed by atoms with Crippen LogP contribution in [0.25, 0.3) is 0 Å². The van der Waals surface area contributed by atoms with Gasteiger partial charge in [-0.25, -0.2) is 0 Å². The number of anilines is 1. The van der Waals surface area contributed by atoms with E-state index in [1.54, 1.807) is 0 Å². The summed E-state index contributed by atoms with van der Waals surface area (Å²) in [7, 11) is 0. The Morgan fingerprint density at radius 1 is 1.29 bits per heavy atom. The fraction of sp³-hybridized carbons (Fsp3) is 0.520. The maximum absolute atomic E-state index is 12.0. The van der Waals surface area contributed by atoms with E-state index in [1.165, 1.54) is 16.1 Å². The van der Waals surface area contributed by atoms with Gasteiger partial charge in [0.2, 0.25) is 5.91 Å². The van der Waals surface area contributed by atoms with Gasteiger partial charge >= 0.3 is 0 Å². The highest BCUT2D eigenvalue weighted by Crippen LogP contribution is 2.38. The molecule has 31 heavy (non-hydrogen) atoms. The fourth-order valence-electron chi connectivity index (χ4n) is 4.67. The van der Waals surface area contributed by atoms with Crippen LogP contribution in [0, 0.1) is 5.92 Å². The van der Waals surface area contributed by atoms with Crippen molar-refractivity contribution in [3.05, 3.63) is 52.2 Å². The zero-order valence-electron chi connectivity index (χ0n) is 18.7. The fourth-order valence-corrected chi connectivity index (χ4v) is 5.54. The van der Waals surface area contributed by atoms with Gasteiger partial charge in [0.25, 0.3) is 0 Å². The minimum Gasteiger partial charge on any atom is -0.356 e. The van der Waals surface area contributed by atoms with Gasteiger partial charge in [0, 0.05) is 55.6 Å². The molecule has 2 aliphatic rings. The second-order valence-corrected chi connectivity index (χ2v) is 9.75. The number of benzene rings is 1. The molecule has 1 amide bonds. The van der Waals surface area contributed by atoms with Crippen LogP contribution in [0.4, 0.5) is 5.69 Å². The lowest BCUT2D eigenvalue weighted by Gasteiger charge is -2.24. The zero-order valence-corrected chi connectivity index (χ0v) is 19.5. The molecule has 1 fully saturated rings. The smallest absolute Gasteiger partial charge is 0.222 e. The summed E-state index contributed by atoms with van der Waals surface area (Å²) in [6.07, 6.45) is 3.80. The molecular formula is C25H34N4OS. The van der Waals surface area contributed by atoms with E-state index in [0.29, 0.717) is 24.2 Å². The Labute approximate surface area is 190 Å². The molecule has 6 heteroatoms. The number of aliphatic imine (C=N–C) groups is 1. The van der Waals surface area contributed by atoms with Gasteiger partial charge in [-0.3, -0.25) is 9.79 Å². The summed E-state index contributed by atoms with van der Waals surface area (Å²) in [4.78, 5) is 22.9. The van der Waals surface area contributed by atoms with E-state index in [4.69, 9.17) is 4.99 Å². The van der Waals surface area contributed by atoms with Crippen molar-refractivity contribution in [3.63, 3.8) is 0 Å². The van der Waals surface area contributed by atoms with Gasteiger partial charge < -0.3 is 15.1 Å². The summed E-state index contributed by atoms with van der Waals surface area (Å²) in [5.41, 5.74) is 2.64. The molecule has 1 saturated heterocycles. The van der Waals surface area contributed by atoms with Crippen molar-refractivity contribution in [1.82, 2.24) is 10.2 Å². The number of nitrogens with one attached hydrogen (secondary N) is 1. The molecule has 0 spiro atoms. The van der Waals surface area contributed by atoms with E-state index in [2.05, 4.69) is 65.8 Å². The molecule has 166 valence electrons. The van der Waals surface area contributed by atoms with Crippen LogP contribution in [0.5, 0.6) is 0 Å². The Hall–Kier alpha value is -2.34. The van der Waals surface area contributed by atoms with Crippen LogP contribution >= 0.6 is 11.3 Å². The Balaban J connectivity index is 1.45. The second kappa shape index (κ2) is 10.3. The third kappa shape index (κ3) is 5.29. The predicted octanol–water partition coefficient (Wildman–Crippen LogP) is 4.51. The van der Waals surface area contributed by atoms with Crippen molar-refractivity contribution in [1.29, 1.82) is 0 Å². The number of nitrogens with zero attached hydrogens (tertiary/aromatic N) is 3. The number of hydrogen-bond acceptors (Lipinski definition) is 3. The van der Waals surface area contributed by atoms with Crippen molar-refractivity contribution in [3.8, 4) is 0 Å². The number of para-hydroxylation sites is 1. The number of rotatable bonds is 8. The minimum atomic E-state index is 0.317. The summed E-state index contributed by atoms with van der Waals surface area (Å²) in [5.74, 6) is 2.23. The van der Waals surface area contributed by atoms with E-state index < -0.39 is 0 Å². The standard InChI is InChI=1S/C25H34N4OS/c1-3-26-25(27-17-19(2)16-21-8-7-15-31-21)29-18-20(22-9-4-5-10-23(22)29)12-14-28-13-6-11-24(28)30/h4-5,7-10,15,19-20H,3,6,11-14,16-18H2,1-2H3,(H,26,27).